The smallest absolute Gasteiger partial charge is 0.119 e. The Morgan fingerprint density at radius 2 is 2.00 bits per heavy atom. The molecule has 0 fully saturated rings. The van der Waals surface area contributed by atoms with Crippen LogP contribution in [-0.4, -0.2) is 13.1 Å². The summed E-state index contributed by atoms with van der Waals surface area (Å²) in [7, 11) is 1.68. The summed E-state index contributed by atoms with van der Waals surface area (Å²) in [4.78, 5) is 10.9. The van der Waals surface area contributed by atoms with Crippen LogP contribution in [0.15, 0.2) is 54.6 Å². The molecule has 3 atom stereocenters. The number of hydrogen-bond acceptors (Lipinski definition) is 4. The maximum Gasteiger partial charge on any atom is 0.119 e. The molecule has 1 heterocycles. The van der Waals surface area contributed by atoms with Crippen LogP contribution in [0.2, 0.25) is 0 Å². The van der Waals surface area contributed by atoms with E-state index in [2.05, 4.69) is 29.6 Å². The maximum atomic E-state index is 10.9. The number of carboxylic acids is 1. The second-order valence-electron chi connectivity index (χ2n) is 6.34. The molecule has 0 radical (unpaired) electrons. The minimum atomic E-state index is -1.14. The average Bonchev–Trinajstić information content (AvgIpc) is 3.10. The molecule has 4 nitrogen and oxygen atoms in total. The monoisotopic (exact) mass is 320 g/mol. The van der Waals surface area contributed by atoms with Crippen LogP contribution in [-0.2, 0) is 0 Å². The van der Waals surface area contributed by atoms with Crippen molar-refractivity contribution in [2.45, 2.75) is 18.4 Å². The van der Waals surface area contributed by atoms with Crippen LogP contribution in [0.25, 0.3) is 0 Å². The minimum Gasteiger partial charge on any atom is -0.545 e. The third kappa shape index (κ3) is 2.35. The van der Waals surface area contributed by atoms with Gasteiger partial charge in [-0.3, -0.25) is 0 Å². The highest BCUT2D eigenvalue weighted by Crippen LogP contribution is 2.50. The Labute approximate surface area is 140 Å². The number of hydrogen-bond donors (Lipinski definition) is 1. The normalized spacial score (nSPS) is 24.0. The Balaban J connectivity index is 1.71. The lowest BCUT2D eigenvalue weighted by molar-refractivity contribution is -0.255. The van der Waals surface area contributed by atoms with E-state index in [0.29, 0.717) is 11.8 Å². The highest BCUT2D eigenvalue weighted by atomic mass is 16.5. The lowest BCUT2D eigenvalue weighted by atomic mass is 9.77. The molecule has 0 spiro atoms. The van der Waals surface area contributed by atoms with Gasteiger partial charge in [-0.1, -0.05) is 36.4 Å². The zero-order valence-electron chi connectivity index (χ0n) is 13.4. The van der Waals surface area contributed by atoms with E-state index in [0.717, 1.165) is 23.4 Å². The van der Waals surface area contributed by atoms with Gasteiger partial charge in [-0.2, -0.15) is 0 Å². The van der Waals surface area contributed by atoms with Crippen LogP contribution >= 0.6 is 0 Å². The molecule has 0 bridgehead atoms. The van der Waals surface area contributed by atoms with E-state index in [4.69, 9.17) is 4.74 Å². The summed E-state index contributed by atoms with van der Waals surface area (Å²) in [5, 5.41) is 14.6. The molecular formula is C20H18NO3-. The molecule has 0 aromatic heterocycles. The number of carbonyl (C=O) groups excluding carboxylic acids is 1. The predicted octanol–water partition coefficient (Wildman–Crippen LogP) is 2.89. The average molecular weight is 320 g/mol. The molecule has 4 heteroatoms. The van der Waals surface area contributed by atoms with Gasteiger partial charge in [0.2, 0.25) is 0 Å². The Hall–Kier alpha value is -2.75. The topological polar surface area (TPSA) is 61.4 Å². The van der Waals surface area contributed by atoms with E-state index in [1.54, 1.807) is 19.2 Å². The molecule has 0 unspecified atom stereocenters. The second kappa shape index (κ2) is 5.71. The zero-order chi connectivity index (χ0) is 16.7. The van der Waals surface area contributed by atoms with Crippen molar-refractivity contribution in [1.82, 2.24) is 0 Å². The number of anilines is 1. The van der Waals surface area contributed by atoms with Crippen LogP contribution in [0.5, 0.6) is 5.75 Å². The number of carboxylic acid groups (broad SMARTS) is 1. The van der Waals surface area contributed by atoms with E-state index in [9.17, 15) is 9.90 Å². The summed E-state index contributed by atoms with van der Waals surface area (Å²) >= 11 is 0. The second-order valence-corrected chi connectivity index (χ2v) is 6.34. The molecule has 122 valence electrons. The van der Waals surface area contributed by atoms with Crippen LogP contribution in [0.3, 0.4) is 0 Å². The molecule has 1 aliphatic heterocycles. The van der Waals surface area contributed by atoms with Crippen molar-refractivity contribution >= 4 is 11.7 Å². The first-order chi connectivity index (χ1) is 11.7. The van der Waals surface area contributed by atoms with Crippen molar-refractivity contribution in [3.05, 3.63) is 71.3 Å². The summed E-state index contributed by atoms with van der Waals surface area (Å²) in [6.45, 7) is 0. The third-order valence-corrected chi connectivity index (χ3v) is 5.08. The van der Waals surface area contributed by atoms with E-state index < -0.39 is 5.97 Å². The first kappa shape index (κ1) is 14.8. The van der Waals surface area contributed by atoms with E-state index in [1.165, 1.54) is 5.56 Å². The van der Waals surface area contributed by atoms with Gasteiger partial charge in [0.05, 0.1) is 19.1 Å². The largest absolute Gasteiger partial charge is 0.545 e. The Bertz CT molecular complexity index is 810. The van der Waals surface area contributed by atoms with Crippen molar-refractivity contribution in [3.63, 3.8) is 0 Å². The molecular weight excluding hydrogens is 302 g/mol. The fourth-order valence-corrected chi connectivity index (χ4v) is 3.86. The van der Waals surface area contributed by atoms with Gasteiger partial charge in [0, 0.05) is 11.6 Å². The lowest BCUT2D eigenvalue weighted by Crippen LogP contribution is -2.29. The number of benzene rings is 2. The Morgan fingerprint density at radius 1 is 1.21 bits per heavy atom. The molecule has 1 aliphatic carbocycles. The molecule has 2 aromatic rings. The van der Waals surface area contributed by atoms with Gasteiger partial charge in [0.15, 0.2) is 0 Å². The predicted molar refractivity (Wildman–Crippen MR) is 90.1 cm³/mol. The number of aromatic carboxylic acids is 1. The van der Waals surface area contributed by atoms with Crippen LogP contribution in [0, 0.1) is 5.92 Å². The summed E-state index contributed by atoms with van der Waals surface area (Å²) in [6, 6.07) is 13.3. The summed E-state index contributed by atoms with van der Waals surface area (Å²) in [6.07, 6.45) is 5.50. The van der Waals surface area contributed by atoms with Gasteiger partial charge in [0.1, 0.15) is 5.75 Å². The molecule has 24 heavy (non-hydrogen) atoms. The molecule has 1 N–H and O–H groups in total. The molecule has 2 aliphatic rings. The van der Waals surface area contributed by atoms with Gasteiger partial charge in [0.25, 0.3) is 0 Å². The van der Waals surface area contributed by atoms with Crippen molar-refractivity contribution in [2.24, 2.45) is 5.92 Å². The zero-order valence-corrected chi connectivity index (χ0v) is 13.4. The van der Waals surface area contributed by atoms with Gasteiger partial charge < -0.3 is 20.0 Å². The minimum absolute atomic E-state index is 0.154. The van der Waals surface area contributed by atoms with E-state index >= 15 is 0 Å². The van der Waals surface area contributed by atoms with Gasteiger partial charge >= 0.3 is 0 Å². The lowest BCUT2D eigenvalue weighted by Gasteiger charge is -2.37. The Kier molecular flexibility index (Phi) is 3.53. The van der Waals surface area contributed by atoms with Gasteiger partial charge in [-0.15, -0.1) is 0 Å². The number of allylic oxidation sites excluding steroid dienone is 2. The number of rotatable bonds is 3. The van der Waals surface area contributed by atoms with Crippen molar-refractivity contribution < 1.29 is 14.6 Å². The van der Waals surface area contributed by atoms with Crippen molar-refractivity contribution in [1.29, 1.82) is 0 Å². The molecule has 4 rings (SSSR count). The number of fused-ring (bicyclic) bond motifs is 3. The van der Waals surface area contributed by atoms with Crippen LogP contribution < -0.4 is 15.2 Å². The first-order valence-electron chi connectivity index (χ1n) is 8.10. The number of carbonyl (C=O) groups is 1. The highest BCUT2D eigenvalue weighted by Gasteiger charge is 2.37. The number of ether oxygens (including phenoxy) is 1. The summed E-state index contributed by atoms with van der Waals surface area (Å²) in [5.74, 6) is 0.489. The van der Waals surface area contributed by atoms with Gasteiger partial charge in [-0.25, -0.2) is 0 Å². The van der Waals surface area contributed by atoms with Crippen LogP contribution in [0.1, 0.15) is 39.9 Å². The molecule has 0 amide bonds. The molecule has 0 saturated carbocycles. The molecule has 2 aromatic carbocycles. The number of methoxy groups -OCH3 is 1. The fourth-order valence-electron chi connectivity index (χ4n) is 3.86. The third-order valence-electron chi connectivity index (χ3n) is 5.08. The maximum absolute atomic E-state index is 10.9. The van der Waals surface area contributed by atoms with Crippen molar-refractivity contribution in [2.75, 3.05) is 12.4 Å². The van der Waals surface area contributed by atoms with E-state index in [-0.39, 0.29) is 11.6 Å². The highest BCUT2D eigenvalue weighted by molar-refractivity contribution is 5.85. The first-order valence-corrected chi connectivity index (χ1v) is 8.10. The fraction of sp³-hybridized carbons (Fsp3) is 0.250. The quantitative estimate of drug-likeness (QED) is 0.883. The van der Waals surface area contributed by atoms with Crippen molar-refractivity contribution in [3.8, 4) is 5.75 Å². The summed E-state index contributed by atoms with van der Waals surface area (Å²) < 4.78 is 5.36. The molecule has 0 saturated heterocycles. The summed E-state index contributed by atoms with van der Waals surface area (Å²) in [5.41, 5.74) is 3.68. The van der Waals surface area contributed by atoms with E-state index in [1.807, 2.05) is 18.2 Å². The number of nitrogens with one attached hydrogen (secondary N) is 1. The van der Waals surface area contributed by atoms with Gasteiger partial charge in [-0.05, 0) is 47.2 Å². The SMILES string of the molecule is COc1ccc2c(c1)[C@H]1C=CC[C@H]1[C@H](c1ccc(C(=O)[O-])cc1)N2. The standard InChI is InChI=1S/C20H19NO3/c1-24-14-9-10-18-17(11-14)15-3-2-4-16(15)19(21-18)12-5-7-13(8-6-12)20(22)23/h2-3,5-11,15-16,19,21H,4H2,1H3,(H,22,23)/p-1/t15-,16+,19-/m0/s1. The Morgan fingerprint density at radius 3 is 2.71 bits per heavy atom. The van der Waals surface area contributed by atoms with Crippen LogP contribution in [0.4, 0.5) is 5.69 Å².